The second-order valence-corrected chi connectivity index (χ2v) is 12.2. The molecule has 3 aromatic carbocycles. The topological polar surface area (TPSA) is 26.3 Å². The summed E-state index contributed by atoms with van der Waals surface area (Å²) in [6.45, 7) is 0. The van der Waals surface area contributed by atoms with Gasteiger partial charge in [0.25, 0.3) is 0 Å². The number of ether oxygens (including phenoxy) is 1. The fraction of sp³-hybridized carbons (Fsp3) is 0.0476. The second-order valence-electron chi connectivity index (χ2n) is 5.38. The number of methoxy groups -OCH3 is 1. The molecule has 0 unspecified atom stereocenters. The Balaban J connectivity index is 2.42. The predicted octanol–water partition coefficient (Wildman–Crippen LogP) is 1.71. The van der Waals surface area contributed by atoms with Crippen molar-refractivity contribution >= 4 is 36.9 Å². The van der Waals surface area contributed by atoms with Crippen LogP contribution in [-0.4, -0.2) is 31.0 Å². The second kappa shape index (κ2) is 7.42. The van der Waals surface area contributed by atoms with Gasteiger partial charge in [0.1, 0.15) is 0 Å². The third-order valence-electron chi connectivity index (χ3n) is 3.99. The molecule has 2 nitrogen and oxygen atoms in total. The van der Waals surface area contributed by atoms with Crippen LogP contribution >= 0.6 is 0 Å². The zero-order valence-corrected chi connectivity index (χ0v) is 15.4. The molecule has 0 N–H and O–H groups in total. The van der Waals surface area contributed by atoms with Gasteiger partial charge >= 0.3 is 145 Å². The van der Waals surface area contributed by atoms with E-state index in [1.165, 1.54) is 20.2 Å². The molecule has 0 aliphatic heterocycles. The molecule has 0 aliphatic carbocycles. The van der Waals surface area contributed by atoms with Gasteiger partial charge in [-0.05, 0) is 0 Å². The molecule has 0 heterocycles. The summed E-state index contributed by atoms with van der Waals surface area (Å²) in [5.74, 6) is -0.279. The molecular formula is C21H19AsO2. The molecule has 0 atom stereocenters. The van der Waals surface area contributed by atoms with Crippen LogP contribution in [-0.2, 0) is 9.53 Å². The summed E-state index contributed by atoms with van der Waals surface area (Å²) in [6.07, 6.45) is 0. The number of esters is 1. The van der Waals surface area contributed by atoms with Gasteiger partial charge in [0.05, 0.1) is 0 Å². The molecule has 3 rings (SSSR count). The zero-order valence-electron chi connectivity index (χ0n) is 13.5. The predicted molar refractivity (Wildman–Crippen MR) is 102 cm³/mol. The van der Waals surface area contributed by atoms with Crippen molar-refractivity contribution in [3.8, 4) is 0 Å². The van der Waals surface area contributed by atoms with Crippen LogP contribution in [0.15, 0.2) is 91.0 Å². The van der Waals surface area contributed by atoms with Crippen LogP contribution < -0.4 is 13.1 Å². The third-order valence-corrected chi connectivity index (χ3v) is 12.2. The first-order valence-electron chi connectivity index (χ1n) is 7.77. The fourth-order valence-electron chi connectivity index (χ4n) is 2.87. The summed E-state index contributed by atoms with van der Waals surface area (Å²) in [4.78, 5) is 14.1. The first kappa shape index (κ1) is 16.4. The van der Waals surface area contributed by atoms with Crippen molar-refractivity contribution < 1.29 is 9.53 Å². The van der Waals surface area contributed by atoms with E-state index in [1.807, 2.05) is 59.4 Å². The molecule has 0 fully saturated rings. The SMILES string of the molecule is COC(=O)C=[As](c1ccccc1)(c1ccccc1)c1ccccc1. The Morgan fingerprint density at radius 2 is 1.04 bits per heavy atom. The standard InChI is InChI=1S/C21H19AsO2/c1-24-21(23)17-22(18-11-5-2-6-12-18,19-13-7-3-8-14-19)20-15-9-4-10-16-20/h2-17H,1H3. The maximum atomic E-state index is 12.3. The van der Waals surface area contributed by atoms with Crippen molar-refractivity contribution in [1.29, 1.82) is 0 Å². The summed E-state index contributed by atoms with van der Waals surface area (Å²) >= 11 is -3.06. The Labute approximate surface area is 144 Å². The van der Waals surface area contributed by atoms with E-state index in [2.05, 4.69) is 36.4 Å². The van der Waals surface area contributed by atoms with Crippen LogP contribution in [0.3, 0.4) is 0 Å². The molecule has 0 aliphatic rings. The summed E-state index contributed by atoms with van der Waals surface area (Å²) in [7, 11) is 1.43. The van der Waals surface area contributed by atoms with Crippen molar-refractivity contribution in [3.05, 3.63) is 91.0 Å². The number of rotatable bonds is 4. The van der Waals surface area contributed by atoms with Gasteiger partial charge < -0.3 is 0 Å². The molecule has 0 bridgehead atoms. The van der Waals surface area contributed by atoms with Crippen molar-refractivity contribution in [1.82, 2.24) is 0 Å². The first-order valence-corrected chi connectivity index (χ1v) is 11.7. The van der Waals surface area contributed by atoms with Crippen LogP contribution in [0.1, 0.15) is 0 Å². The van der Waals surface area contributed by atoms with E-state index in [0.29, 0.717) is 0 Å². The molecule has 3 aromatic rings. The van der Waals surface area contributed by atoms with E-state index in [4.69, 9.17) is 4.74 Å². The number of carbonyl (C=O) groups is 1. The third kappa shape index (κ3) is 3.11. The van der Waals surface area contributed by atoms with Gasteiger partial charge in [0, 0.05) is 0 Å². The molecule has 0 aromatic heterocycles. The van der Waals surface area contributed by atoms with Gasteiger partial charge in [-0.15, -0.1) is 0 Å². The Kier molecular flexibility index (Phi) is 5.07. The number of carbonyl (C=O) groups excluding carboxylic acids is 1. The number of hydrogen-bond donors (Lipinski definition) is 0. The fourth-order valence-corrected chi connectivity index (χ4v) is 10.6. The minimum atomic E-state index is -3.06. The molecule has 3 heteroatoms. The summed E-state index contributed by atoms with van der Waals surface area (Å²) in [5, 5.41) is 0. The van der Waals surface area contributed by atoms with E-state index in [9.17, 15) is 4.79 Å². The van der Waals surface area contributed by atoms with Gasteiger partial charge in [-0.3, -0.25) is 0 Å². The number of hydrogen-bond acceptors (Lipinski definition) is 2. The van der Waals surface area contributed by atoms with Crippen molar-refractivity contribution in [2.24, 2.45) is 0 Å². The van der Waals surface area contributed by atoms with E-state index >= 15 is 0 Å². The molecule has 120 valence electrons. The molecule has 0 saturated carbocycles. The van der Waals surface area contributed by atoms with Crippen LogP contribution in [0.5, 0.6) is 0 Å². The number of benzene rings is 3. The summed E-state index contributed by atoms with van der Waals surface area (Å²) in [6, 6.07) is 30.9. The summed E-state index contributed by atoms with van der Waals surface area (Å²) in [5.41, 5.74) is 0. The Bertz CT molecular complexity index is 753. The van der Waals surface area contributed by atoms with E-state index in [1.54, 1.807) is 0 Å². The van der Waals surface area contributed by atoms with Crippen LogP contribution in [0.2, 0.25) is 0 Å². The zero-order chi connectivity index (χ0) is 16.8. The van der Waals surface area contributed by atoms with Gasteiger partial charge in [0.2, 0.25) is 0 Å². The maximum absolute atomic E-state index is 12.3. The molecule has 0 spiro atoms. The Hall–Kier alpha value is -2.44. The van der Waals surface area contributed by atoms with Gasteiger partial charge in [-0.1, -0.05) is 0 Å². The quantitative estimate of drug-likeness (QED) is 0.511. The Morgan fingerprint density at radius 3 is 1.33 bits per heavy atom. The van der Waals surface area contributed by atoms with Crippen LogP contribution in [0.25, 0.3) is 0 Å². The molecule has 0 saturated heterocycles. The monoisotopic (exact) mass is 378 g/mol. The molecule has 24 heavy (non-hydrogen) atoms. The molecular weight excluding hydrogens is 359 g/mol. The van der Waals surface area contributed by atoms with E-state index in [-0.39, 0.29) is 5.97 Å². The molecule has 0 radical (unpaired) electrons. The van der Waals surface area contributed by atoms with Gasteiger partial charge in [0.15, 0.2) is 0 Å². The average Bonchev–Trinajstić information content (AvgIpc) is 2.68. The van der Waals surface area contributed by atoms with E-state index < -0.39 is 13.1 Å². The Morgan fingerprint density at radius 1 is 0.708 bits per heavy atom. The average molecular weight is 378 g/mol. The minimum absolute atomic E-state index is 0.279. The van der Waals surface area contributed by atoms with Crippen molar-refractivity contribution in [2.75, 3.05) is 7.11 Å². The summed E-state index contributed by atoms with van der Waals surface area (Å²) < 4.78 is 8.60. The van der Waals surface area contributed by atoms with Gasteiger partial charge in [-0.2, -0.15) is 0 Å². The van der Waals surface area contributed by atoms with Crippen molar-refractivity contribution in [3.63, 3.8) is 0 Å². The van der Waals surface area contributed by atoms with Gasteiger partial charge in [-0.25, -0.2) is 0 Å². The molecule has 0 amide bonds. The first-order chi connectivity index (χ1) is 11.8. The van der Waals surface area contributed by atoms with Crippen LogP contribution in [0, 0.1) is 0 Å². The van der Waals surface area contributed by atoms with Crippen molar-refractivity contribution in [2.45, 2.75) is 0 Å². The van der Waals surface area contributed by atoms with E-state index in [0.717, 1.165) is 0 Å². The van der Waals surface area contributed by atoms with Crippen LogP contribution in [0.4, 0.5) is 0 Å². The normalized spacial score (nSPS) is 10.9.